The third-order valence-corrected chi connectivity index (χ3v) is 2.73. The quantitative estimate of drug-likeness (QED) is 0.369. The molecule has 1 aromatic heterocycles. The maximum Gasteiger partial charge on any atom is 0.269 e. The summed E-state index contributed by atoms with van der Waals surface area (Å²) in [4.78, 5) is 26.0. The third-order valence-electron chi connectivity index (χ3n) is 2.73. The van der Waals surface area contributed by atoms with Crippen molar-refractivity contribution in [2.75, 3.05) is 0 Å². The van der Waals surface area contributed by atoms with E-state index in [-0.39, 0.29) is 11.5 Å². The van der Waals surface area contributed by atoms with E-state index in [0.717, 1.165) is 11.3 Å². The van der Waals surface area contributed by atoms with Crippen LogP contribution in [0.2, 0.25) is 0 Å². The summed E-state index contributed by atoms with van der Waals surface area (Å²) in [7, 11) is 0. The van der Waals surface area contributed by atoms with Gasteiger partial charge in [0.15, 0.2) is 5.78 Å². The normalized spacial score (nSPS) is 10.7. The lowest BCUT2D eigenvalue weighted by atomic mass is 10.1. The summed E-state index contributed by atoms with van der Waals surface area (Å²) in [5.74, 6) is -0.157. The van der Waals surface area contributed by atoms with Crippen molar-refractivity contribution >= 4 is 17.5 Å². The van der Waals surface area contributed by atoms with Gasteiger partial charge in [0.2, 0.25) is 0 Å². The number of benzene rings is 1. The van der Waals surface area contributed by atoms with Gasteiger partial charge in [-0.15, -0.1) is 0 Å². The number of hydrogen-bond acceptors (Lipinski definition) is 4. The second kappa shape index (κ2) is 5.88. The molecule has 0 aliphatic heterocycles. The van der Waals surface area contributed by atoms with Gasteiger partial charge in [0.05, 0.1) is 4.92 Å². The van der Waals surface area contributed by atoms with Crippen LogP contribution in [0.15, 0.2) is 48.7 Å². The van der Waals surface area contributed by atoms with E-state index in [2.05, 4.69) is 4.98 Å². The molecule has 100 valence electrons. The number of pyridine rings is 1. The lowest BCUT2D eigenvalue weighted by Crippen LogP contribution is -1.95. The molecule has 0 aliphatic rings. The summed E-state index contributed by atoms with van der Waals surface area (Å²) in [5.41, 5.74) is 2.11. The molecular formula is C15H12N2O3. The largest absolute Gasteiger partial charge is 0.289 e. The average molecular weight is 268 g/mol. The first-order valence-electron chi connectivity index (χ1n) is 5.96. The second-order valence-corrected chi connectivity index (χ2v) is 4.23. The molecule has 1 aromatic carbocycles. The lowest BCUT2D eigenvalue weighted by molar-refractivity contribution is -0.384. The zero-order valence-electron chi connectivity index (χ0n) is 10.8. The van der Waals surface area contributed by atoms with Crippen molar-refractivity contribution in [2.45, 2.75) is 6.92 Å². The fourth-order valence-electron chi connectivity index (χ4n) is 1.59. The summed E-state index contributed by atoms with van der Waals surface area (Å²) in [5, 5.41) is 10.5. The number of non-ortho nitro benzene ring substituents is 1. The third kappa shape index (κ3) is 3.35. The molecule has 5 nitrogen and oxygen atoms in total. The number of nitro groups is 1. The number of aryl methyl sites for hydroxylation is 1. The topological polar surface area (TPSA) is 73.1 Å². The molecule has 0 fully saturated rings. The minimum Gasteiger partial charge on any atom is -0.289 e. The van der Waals surface area contributed by atoms with Gasteiger partial charge in [-0.3, -0.25) is 19.9 Å². The van der Waals surface area contributed by atoms with E-state index in [1.807, 2.05) is 6.92 Å². The molecule has 2 aromatic rings. The van der Waals surface area contributed by atoms with Crippen molar-refractivity contribution in [3.8, 4) is 0 Å². The molecule has 0 spiro atoms. The fraction of sp³-hybridized carbons (Fsp3) is 0.0667. The summed E-state index contributed by atoms with van der Waals surface area (Å²) in [6.45, 7) is 1.85. The minimum absolute atomic E-state index is 0.0243. The van der Waals surface area contributed by atoms with E-state index in [4.69, 9.17) is 0 Å². The summed E-state index contributed by atoms with van der Waals surface area (Å²) in [6, 6.07) is 9.47. The number of carbonyl (C=O) groups excluding carboxylic acids is 1. The van der Waals surface area contributed by atoms with Crippen LogP contribution in [0.1, 0.15) is 21.6 Å². The number of hydrogen-bond donors (Lipinski definition) is 0. The number of allylic oxidation sites excluding steroid dienone is 1. The van der Waals surface area contributed by atoms with Crippen molar-refractivity contribution in [3.05, 3.63) is 75.6 Å². The first-order chi connectivity index (χ1) is 9.56. The molecule has 0 saturated carbocycles. The van der Waals surface area contributed by atoms with Crippen LogP contribution in [0.4, 0.5) is 5.69 Å². The molecule has 2 rings (SSSR count). The highest BCUT2D eigenvalue weighted by molar-refractivity contribution is 6.06. The molecule has 1 heterocycles. The summed E-state index contributed by atoms with van der Waals surface area (Å²) >= 11 is 0. The van der Waals surface area contributed by atoms with Crippen molar-refractivity contribution in [1.29, 1.82) is 0 Å². The monoisotopic (exact) mass is 268 g/mol. The second-order valence-electron chi connectivity index (χ2n) is 4.23. The molecule has 0 saturated heterocycles. The minimum atomic E-state index is -0.462. The van der Waals surface area contributed by atoms with Gasteiger partial charge in [-0.1, -0.05) is 6.08 Å². The molecule has 0 atom stereocenters. The molecule has 5 heteroatoms. The number of nitrogens with zero attached hydrogens (tertiary/aromatic N) is 2. The number of aromatic nitrogens is 1. The summed E-state index contributed by atoms with van der Waals surface area (Å²) < 4.78 is 0. The van der Waals surface area contributed by atoms with Gasteiger partial charge in [-0.2, -0.15) is 0 Å². The predicted octanol–water partition coefficient (Wildman–Crippen LogP) is 3.19. The Balaban J connectivity index is 2.10. The van der Waals surface area contributed by atoms with E-state index in [0.29, 0.717) is 5.56 Å². The molecule has 0 bridgehead atoms. The maximum absolute atomic E-state index is 11.9. The number of carbonyl (C=O) groups is 1. The number of rotatable bonds is 4. The van der Waals surface area contributed by atoms with Gasteiger partial charge in [0.1, 0.15) is 0 Å². The molecule has 0 N–H and O–H groups in total. The first kappa shape index (κ1) is 13.6. The van der Waals surface area contributed by atoms with E-state index >= 15 is 0 Å². The molecule has 0 amide bonds. The zero-order valence-corrected chi connectivity index (χ0v) is 10.8. The predicted molar refractivity (Wildman–Crippen MR) is 75.4 cm³/mol. The van der Waals surface area contributed by atoms with Gasteiger partial charge >= 0.3 is 0 Å². The van der Waals surface area contributed by atoms with Crippen LogP contribution in [-0.2, 0) is 0 Å². The Hall–Kier alpha value is -2.82. The highest BCUT2D eigenvalue weighted by atomic mass is 16.6. The first-order valence-corrected chi connectivity index (χ1v) is 5.96. The summed E-state index contributed by atoms with van der Waals surface area (Å²) in [6.07, 6.45) is 4.57. The van der Waals surface area contributed by atoms with Crippen molar-refractivity contribution in [2.24, 2.45) is 0 Å². The van der Waals surface area contributed by atoms with E-state index in [9.17, 15) is 14.9 Å². The van der Waals surface area contributed by atoms with Crippen LogP contribution in [0.5, 0.6) is 0 Å². The average Bonchev–Trinajstić information content (AvgIpc) is 2.46. The number of ketones is 1. The standard InChI is InChI=1S/C15H12N2O3/c1-11-2-6-13(10-16-11)15(18)9-5-12-3-7-14(8-4-12)17(19)20/h2-10H,1H3/b9-5+. The van der Waals surface area contributed by atoms with Gasteiger partial charge < -0.3 is 0 Å². The molecule has 20 heavy (non-hydrogen) atoms. The number of nitro benzene ring substituents is 1. The van der Waals surface area contributed by atoms with Gasteiger partial charge in [0.25, 0.3) is 5.69 Å². The van der Waals surface area contributed by atoms with Crippen molar-refractivity contribution in [3.63, 3.8) is 0 Å². The highest BCUT2D eigenvalue weighted by Crippen LogP contribution is 2.13. The zero-order chi connectivity index (χ0) is 14.5. The van der Waals surface area contributed by atoms with Crippen LogP contribution in [0, 0.1) is 17.0 Å². The van der Waals surface area contributed by atoms with Gasteiger partial charge in [-0.25, -0.2) is 0 Å². The van der Waals surface area contributed by atoms with Crippen molar-refractivity contribution < 1.29 is 9.72 Å². The molecule has 0 radical (unpaired) electrons. The van der Waals surface area contributed by atoms with Gasteiger partial charge in [-0.05, 0) is 42.8 Å². The van der Waals surface area contributed by atoms with Crippen LogP contribution in [0.3, 0.4) is 0 Å². The maximum atomic E-state index is 11.9. The lowest BCUT2D eigenvalue weighted by Gasteiger charge is -1.96. The smallest absolute Gasteiger partial charge is 0.269 e. The Morgan fingerprint density at radius 2 is 1.90 bits per heavy atom. The molecule has 0 aliphatic carbocycles. The Kier molecular flexibility index (Phi) is 4.00. The fourth-order valence-corrected chi connectivity index (χ4v) is 1.59. The van der Waals surface area contributed by atoms with Crippen LogP contribution >= 0.6 is 0 Å². The van der Waals surface area contributed by atoms with Crippen LogP contribution in [-0.4, -0.2) is 15.7 Å². The Bertz CT molecular complexity index is 659. The van der Waals surface area contributed by atoms with Crippen molar-refractivity contribution in [1.82, 2.24) is 4.98 Å². The van der Waals surface area contributed by atoms with E-state index < -0.39 is 4.92 Å². The van der Waals surface area contributed by atoms with E-state index in [1.165, 1.54) is 24.4 Å². The Morgan fingerprint density at radius 3 is 2.45 bits per heavy atom. The molecular weight excluding hydrogens is 256 g/mol. The molecule has 0 unspecified atom stereocenters. The van der Waals surface area contributed by atoms with Crippen LogP contribution in [0.25, 0.3) is 6.08 Å². The van der Waals surface area contributed by atoms with E-state index in [1.54, 1.807) is 30.3 Å². The highest BCUT2D eigenvalue weighted by Gasteiger charge is 2.04. The SMILES string of the molecule is Cc1ccc(C(=O)/C=C/c2ccc([N+](=O)[O-])cc2)cn1. The Labute approximate surface area is 115 Å². The van der Waals surface area contributed by atoms with Crippen LogP contribution < -0.4 is 0 Å². The Morgan fingerprint density at radius 1 is 1.20 bits per heavy atom. The van der Waals surface area contributed by atoms with Gasteiger partial charge in [0, 0.05) is 29.6 Å².